The minimum Gasteiger partial charge on any atom is -0.411 e. The van der Waals surface area contributed by atoms with Gasteiger partial charge in [0.05, 0.1) is 6.10 Å². The summed E-state index contributed by atoms with van der Waals surface area (Å²) in [5.74, 6) is 2.64. The first kappa shape index (κ1) is 14.5. The zero-order valence-corrected chi connectivity index (χ0v) is 11.8. The summed E-state index contributed by atoms with van der Waals surface area (Å²) in [7, 11) is -1.68. The molecular weight excluding hydrogens is 200 g/mol. The topological polar surface area (TPSA) is 9.23 Å². The molecular formula is C13H24OSi. The Balaban J connectivity index is 4.42. The molecule has 0 aliphatic carbocycles. The maximum Gasteiger partial charge on any atom is 0.192 e. The van der Waals surface area contributed by atoms with Crippen LogP contribution < -0.4 is 0 Å². The van der Waals surface area contributed by atoms with Crippen molar-refractivity contribution in [1.82, 2.24) is 0 Å². The fourth-order valence-corrected chi connectivity index (χ4v) is 2.33. The number of rotatable bonds is 5. The number of hydrogen-bond donors (Lipinski definition) is 0. The van der Waals surface area contributed by atoms with Gasteiger partial charge in [0.15, 0.2) is 8.32 Å². The van der Waals surface area contributed by atoms with Crippen LogP contribution >= 0.6 is 0 Å². The summed E-state index contributed by atoms with van der Waals surface area (Å²) in [5.41, 5.74) is 0. The summed E-state index contributed by atoms with van der Waals surface area (Å²) in [6, 6.07) is 0. The molecule has 1 unspecified atom stereocenters. The predicted molar refractivity (Wildman–Crippen MR) is 70.3 cm³/mol. The van der Waals surface area contributed by atoms with E-state index < -0.39 is 8.32 Å². The van der Waals surface area contributed by atoms with Crippen LogP contribution in [0.4, 0.5) is 0 Å². The number of terminal acetylenes is 1. The standard InChI is InChI=1S/C13H24OSi/c1-8-10-11-12(9-2)14-15(6,7)13(3,4)5/h1,9,12H,2,10-11H2,3-7H3. The Hall–Kier alpha value is -0.523. The van der Waals surface area contributed by atoms with Crippen molar-refractivity contribution in [2.75, 3.05) is 0 Å². The number of hydrogen-bond acceptors (Lipinski definition) is 1. The third-order valence-corrected chi connectivity index (χ3v) is 7.59. The summed E-state index contributed by atoms with van der Waals surface area (Å²) in [6.45, 7) is 15.0. The van der Waals surface area contributed by atoms with Gasteiger partial charge in [-0.25, -0.2) is 0 Å². The van der Waals surface area contributed by atoms with Crippen molar-refractivity contribution < 1.29 is 4.43 Å². The summed E-state index contributed by atoms with van der Waals surface area (Å²) in [6.07, 6.45) is 8.88. The van der Waals surface area contributed by atoms with E-state index in [1.165, 1.54) is 0 Å². The second-order valence-corrected chi connectivity index (χ2v) is 10.2. The Morgan fingerprint density at radius 2 is 2.00 bits per heavy atom. The van der Waals surface area contributed by atoms with Crippen LogP contribution in [0.1, 0.15) is 33.6 Å². The maximum absolute atomic E-state index is 6.18. The van der Waals surface area contributed by atoms with Crippen LogP contribution in [0.2, 0.25) is 18.1 Å². The van der Waals surface area contributed by atoms with E-state index in [-0.39, 0.29) is 11.1 Å². The second-order valence-electron chi connectivity index (χ2n) is 5.40. The van der Waals surface area contributed by atoms with Crippen molar-refractivity contribution in [2.24, 2.45) is 0 Å². The average Bonchev–Trinajstić information content (AvgIpc) is 2.10. The second kappa shape index (κ2) is 5.53. The SMILES string of the molecule is C#CCCC(C=C)O[Si](C)(C)C(C)(C)C. The lowest BCUT2D eigenvalue weighted by molar-refractivity contribution is 0.217. The summed E-state index contributed by atoms with van der Waals surface area (Å²) in [5, 5.41) is 0.240. The Kier molecular flexibility index (Phi) is 5.34. The third-order valence-electron chi connectivity index (χ3n) is 3.09. The zero-order valence-electron chi connectivity index (χ0n) is 10.8. The van der Waals surface area contributed by atoms with E-state index >= 15 is 0 Å². The lowest BCUT2D eigenvalue weighted by atomic mass is 10.2. The Labute approximate surface area is 96.0 Å². The van der Waals surface area contributed by atoms with E-state index in [4.69, 9.17) is 10.8 Å². The van der Waals surface area contributed by atoms with E-state index in [0.717, 1.165) is 12.8 Å². The molecule has 15 heavy (non-hydrogen) atoms. The highest BCUT2D eigenvalue weighted by molar-refractivity contribution is 6.74. The third kappa shape index (κ3) is 4.68. The van der Waals surface area contributed by atoms with E-state index in [2.05, 4.69) is 46.4 Å². The molecule has 0 aromatic rings. The molecule has 0 radical (unpaired) electrons. The highest BCUT2D eigenvalue weighted by atomic mass is 28.4. The van der Waals surface area contributed by atoms with Crippen molar-refractivity contribution in [3.63, 3.8) is 0 Å². The van der Waals surface area contributed by atoms with Gasteiger partial charge in [-0.2, -0.15) is 0 Å². The molecule has 0 fully saturated rings. The molecule has 86 valence electrons. The molecule has 1 nitrogen and oxygen atoms in total. The summed E-state index contributed by atoms with van der Waals surface area (Å²) in [4.78, 5) is 0. The molecule has 0 aromatic heterocycles. The summed E-state index contributed by atoms with van der Waals surface area (Å²) < 4.78 is 6.18. The molecule has 0 saturated carbocycles. The van der Waals surface area contributed by atoms with Crippen LogP contribution in [-0.4, -0.2) is 14.4 Å². The minimum atomic E-state index is -1.68. The monoisotopic (exact) mass is 224 g/mol. The van der Waals surface area contributed by atoms with Gasteiger partial charge in [-0.05, 0) is 24.6 Å². The molecule has 0 N–H and O–H groups in total. The van der Waals surface area contributed by atoms with Crippen molar-refractivity contribution in [3.05, 3.63) is 12.7 Å². The van der Waals surface area contributed by atoms with Crippen molar-refractivity contribution in [3.8, 4) is 12.3 Å². The van der Waals surface area contributed by atoms with Gasteiger partial charge in [-0.1, -0.05) is 26.8 Å². The first-order valence-corrected chi connectivity index (χ1v) is 8.39. The lowest BCUT2D eigenvalue weighted by Gasteiger charge is -2.38. The van der Waals surface area contributed by atoms with Crippen molar-refractivity contribution in [1.29, 1.82) is 0 Å². The minimum absolute atomic E-state index is 0.113. The van der Waals surface area contributed by atoms with Gasteiger partial charge in [0.2, 0.25) is 0 Å². The largest absolute Gasteiger partial charge is 0.411 e. The molecule has 2 heteroatoms. The highest BCUT2D eigenvalue weighted by Gasteiger charge is 2.38. The average molecular weight is 224 g/mol. The molecule has 1 atom stereocenters. The first-order chi connectivity index (χ1) is 6.74. The van der Waals surface area contributed by atoms with E-state index in [9.17, 15) is 0 Å². The predicted octanol–water partition coefficient (Wildman–Crippen LogP) is 3.98. The maximum atomic E-state index is 6.18. The molecule has 0 saturated heterocycles. The molecule has 0 bridgehead atoms. The molecule has 0 aliphatic heterocycles. The van der Waals surface area contributed by atoms with Crippen LogP contribution in [0.3, 0.4) is 0 Å². The lowest BCUT2D eigenvalue weighted by Crippen LogP contribution is -2.43. The van der Waals surface area contributed by atoms with E-state index in [1.807, 2.05) is 6.08 Å². The van der Waals surface area contributed by atoms with Gasteiger partial charge >= 0.3 is 0 Å². The van der Waals surface area contributed by atoms with Gasteiger partial charge in [-0.3, -0.25) is 0 Å². The van der Waals surface area contributed by atoms with Crippen molar-refractivity contribution >= 4 is 8.32 Å². The molecule has 0 spiro atoms. The quantitative estimate of drug-likeness (QED) is 0.390. The molecule has 0 heterocycles. The fraction of sp³-hybridized carbons (Fsp3) is 0.692. The zero-order chi connectivity index (χ0) is 12.1. The Bertz CT molecular complexity index is 242. The normalized spacial score (nSPS) is 14.4. The first-order valence-electron chi connectivity index (χ1n) is 5.48. The molecule has 0 aliphatic rings. The van der Waals surface area contributed by atoms with E-state index in [0.29, 0.717) is 0 Å². The molecule has 0 amide bonds. The van der Waals surface area contributed by atoms with Crippen LogP contribution in [0.25, 0.3) is 0 Å². The molecule has 0 aromatic carbocycles. The molecule has 0 rings (SSSR count). The van der Waals surface area contributed by atoms with Gasteiger partial charge in [-0.15, -0.1) is 18.9 Å². The smallest absolute Gasteiger partial charge is 0.192 e. The van der Waals surface area contributed by atoms with Crippen LogP contribution in [0.15, 0.2) is 12.7 Å². The highest BCUT2D eigenvalue weighted by Crippen LogP contribution is 2.37. The van der Waals surface area contributed by atoms with Gasteiger partial charge in [0.25, 0.3) is 0 Å². The van der Waals surface area contributed by atoms with Crippen LogP contribution in [0.5, 0.6) is 0 Å². The van der Waals surface area contributed by atoms with Crippen molar-refractivity contribution in [2.45, 2.75) is 57.8 Å². The van der Waals surface area contributed by atoms with Gasteiger partial charge in [0, 0.05) is 6.42 Å². The van der Waals surface area contributed by atoms with Crippen LogP contribution in [0, 0.1) is 12.3 Å². The summed E-state index contributed by atoms with van der Waals surface area (Å²) >= 11 is 0. The Morgan fingerprint density at radius 3 is 2.33 bits per heavy atom. The fourth-order valence-electron chi connectivity index (χ4n) is 1.01. The Morgan fingerprint density at radius 1 is 1.47 bits per heavy atom. The van der Waals surface area contributed by atoms with Gasteiger partial charge in [0.1, 0.15) is 0 Å². The van der Waals surface area contributed by atoms with E-state index in [1.54, 1.807) is 0 Å². The van der Waals surface area contributed by atoms with Gasteiger partial charge < -0.3 is 4.43 Å². The van der Waals surface area contributed by atoms with Crippen LogP contribution in [-0.2, 0) is 4.43 Å².